The van der Waals surface area contributed by atoms with Gasteiger partial charge in [-0.05, 0) is 39.8 Å². The Kier molecular flexibility index (Phi) is 7.83. The maximum absolute atomic E-state index is 12.3. The molecule has 1 aliphatic rings. The summed E-state index contributed by atoms with van der Waals surface area (Å²) in [6, 6.07) is 4.90. The van der Waals surface area contributed by atoms with E-state index in [1.807, 2.05) is 6.92 Å². The van der Waals surface area contributed by atoms with Crippen LogP contribution in [0.3, 0.4) is 0 Å². The molecule has 0 aromatic heterocycles. The van der Waals surface area contributed by atoms with Gasteiger partial charge in [-0.25, -0.2) is 4.79 Å². The van der Waals surface area contributed by atoms with Gasteiger partial charge in [0.05, 0.1) is 11.5 Å². The molecule has 5 atom stereocenters. The minimum absolute atomic E-state index is 0.0493. The molecule has 2 rings (SSSR count). The lowest BCUT2D eigenvalue weighted by Crippen LogP contribution is -2.65. The second-order valence-corrected chi connectivity index (χ2v) is 9.60. The third-order valence-electron chi connectivity index (χ3n) is 4.31. The van der Waals surface area contributed by atoms with E-state index >= 15 is 0 Å². The normalized spacial score (nSPS) is 27.5. The van der Waals surface area contributed by atoms with Crippen molar-refractivity contribution < 1.29 is 41.8 Å². The summed E-state index contributed by atoms with van der Waals surface area (Å²) >= 11 is 0. The van der Waals surface area contributed by atoms with Crippen molar-refractivity contribution >= 4 is 16.2 Å². The molecular weight excluding hydrogens is 418 g/mol. The van der Waals surface area contributed by atoms with Gasteiger partial charge in [0.15, 0.2) is 6.29 Å². The van der Waals surface area contributed by atoms with Gasteiger partial charge >= 0.3 is 6.09 Å². The van der Waals surface area contributed by atoms with Gasteiger partial charge in [0.25, 0.3) is 10.1 Å². The zero-order chi connectivity index (χ0) is 22.7. The first-order valence-corrected chi connectivity index (χ1v) is 10.7. The number of nitrogens with one attached hydrogen (secondary N) is 1. The van der Waals surface area contributed by atoms with Crippen molar-refractivity contribution in [1.82, 2.24) is 5.32 Å². The Bertz CT molecular complexity index is 817. The first-order chi connectivity index (χ1) is 13.8. The van der Waals surface area contributed by atoms with E-state index in [-0.39, 0.29) is 4.90 Å². The lowest BCUT2D eigenvalue weighted by atomic mass is 9.97. The van der Waals surface area contributed by atoms with Gasteiger partial charge in [-0.1, -0.05) is 17.7 Å². The molecular formula is C19H29NO9S. The fourth-order valence-corrected chi connectivity index (χ4v) is 3.72. The van der Waals surface area contributed by atoms with E-state index in [1.54, 1.807) is 32.9 Å². The molecule has 1 aromatic carbocycles. The molecule has 1 saturated heterocycles. The van der Waals surface area contributed by atoms with Gasteiger partial charge in [0, 0.05) is 7.11 Å². The highest BCUT2D eigenvalue weighted by Gasteiger charge is 2.46. The predicted molar refractivity (Wildman–Crippen MR) is 105 cm³/mol. The summed E-state index contributed by atoms with van der Waals surface area (Å²) in [6.07, 6.45) is -6.30. The van der Waals surface area contributed by atoms with Crippen molar-refractivity contribution in [2.24, 2.45) is 0 Å². The monoisotopic (exact) mass is 447 g/mol. The third-order valence-corrected chi connectivity index (χ3v) is 5.61. The Balaban J connectivity index is 2.05. The van der Waals surface area contributed by atoms with Crippen molar-refractivity contribution in [1.29, 1.82) is 0 Å². The highest BCUT2D eigenvalue weighted by atomic mass is 32.2. The second kappa shape index (κ2) is 9.58. The average molecular weight is 448 g/mol. The number of benzene rings is 1. The first kappa shape index (κ1) is 24.5. The summed E-state index contributed by atoms with van der Waals surface area (Å²) in [5.74, 6) is 0. The maximum Gasteiger partial charge on any atom is 0.408 e. The second-order valence-electron chi connectivity index (χ2n) is 7.98. The van der Waals surface area contributed by atoms with Crippen LogP contribution in [0.2, 0.25) is 0 Å². The number of hydrogen-bond donors (Lipinski definition) is 3. The number of carbonyl (C=O) groups is 1. The summed E-state index contributed by atoms with van der Waals surface area (Å²) in [6.45, 7) is 6.27. The number of ether oxygens (including phenoxy) is 3. The minimum Gasteiger partial charge on any atom is -0.444 e. The van der Waals surface area contributed by atoms with E-state index in [1.165, 1.54) is 19.2 Å². The van der Waals surface area contributed by atoms with Gasteiger partial charge in [-0.15, -0.1) is 0 Å². The van der Waals surface area contributed by atoms with Crippen molar-refractivity contribution in [3.8, 4) is 0 Å². The quantitative estimate of drug-likeness (QED) is 0.537. The van der Waals surface area contributed by atoms with Crippen molar-refractivity contribution in [2.75, 3.05) is 13.7 Å². The summed E-state index contributed by atoms with van der Waals surface area (Å²) in [7, 11) is -2.82. The molecule has 0 aliphatic carbocycles. The molecule has 30 heavy (non-hydrogen) atoms. The molecule has 1 aromatic rings. The molecule has 0 spiro atoms. The molecule has 11 heteroatoms. The summed E-state index contributed by atoms with van der Waals surface area (Å²) < 4.78 is 45.5. The maximum atomic E-state index is 12.3. The van der Waals surface area contributed by atoms with Gasteiger partial charge in [0.2, 0.25) is 0 Å². The van der Waals surface area contributed by atoms with Crippen molar-refractivity contribution in [2.45, 2.75) is 68.8 Å². The van der Waals surface area contributed by atoms with E-state index in [0.29, 0.717) is 0 Å². The Morgan fingerprint density at radius 2 is 1.77 bits per heavy atom. The highest BCUT2D eigenvalue weighted by Crippen LogP contribution is 2.24. The van der Waals surface area contributed by atoms with Crippen LogP contribution in [0.4, 0.5) is 4.79 Å². The SMILES string of the molecule is CO[C@H]1O[C@H](COS(=O)(=O)c2ccc(C)cc2)[C@@H](O)[C@H](O)[C@@H]1NC(=O)OC(C)(C)C. The number of alkyl carbamates (subject to hydrolysis) is 1. The molecule has 0 radical (unpaired) electrons. The molecule has 10 nitrogen and oxygen atoms in total. The van der Waals surface area contributed by atoms with Gasteiger partial charge in [-0.2, -0.15) is 8.42 Å². The lowest BCUT2D eigenvalue weighted by Gasteiger charge is -2.42. The minimum atomic E-state index is -4.10. The Morgan fingerprint density at radius 3 is 2.30 bits per heavy atom. The zero-order valence-electron chi connectivity index (χ0n) is 17.6. The van der Waals surface area contributed by atoms with Gasteiger partial charge in [-0.3, -0.25) is 4.18 Å². The number of aryl methyl sites for hydroxylation is 1. The number of aliphatic hydroxyl groups excluding tert-OH is 2. The van der Waals surface area contributed by atoms with E-state index in [9.17, 15) is 23.4 Å². The molecule has 0 saturated carbocycles. The average Bonchev–Trinajstić information content (AvgIpc) is 2.64. The number of methoxy groups -OCH3 is 1. The Morgan fingerprint density at radius 1 is 1.17 bits per heavy atom. The topological polar surface area (TPSA) is 141 Å². The zero-order valence-corrected chi connectivity index (χ0v) is 18.4. The van der Waals surface area contributed by atoms with E-state index in [2.05, 4.69) is 5.32 Å². The molecule has 3 N–H and O–H groups in total. The van der Waals surface area contributed by atoms with Crippen LogP contribution in [0.1, 0.15) is 26.3 Å². The van der Waals surface area contributed by atoms with Gasteiger partial charge in [0.1, 0.15) is 30.0 Å². The molecule has 1 heterocycles. The lowest BCUT2D eigenvalue weighted by molar-refractivity contribution is -0.260. The largest absolute Gasteiger partial charge is 0.444 e. The van der Waals surface area contributed by atoms with E-state index in [0.717, 1.165) is 5.56 Å². The Hall–Kier alpha value is -1.76. The summed E-state index contributed by atoms with van der Waals surface area (Å²) in [4.78, 5) is 12.0. The van der Waals surface area contributed by atoms with E-state index < -0.39 is 59.1 Å². The molecule has 1 aliphatic heterocycles. The predicted octanol–water partition coefficient (Wildman–Crippen LogP) is 0.687. The number of hydrogen-bond acceptors (Lipinski definition) is 9. The number of aliphatic hydroxyl groups is 2. The van der Waals surface area contributed by atoms with Crippen LogP contribution >= 0.6 is 0 Å². The third kappa shape index (κ3) is 6.37. The van der Waals surface area contributed by atoms with Crippen molar-refractivity contribution in [3.05, 3.63) is 29.8 Å². The highest BCUT2D eigenvalue weighted by molar-refractivity contribution is 7.86. The van der Waals surface area contributed by atoms with Crippen LogP contribution in [0.25, 0.3) is 0 Å². The van der Waals surface area contributed by atoms with Crippen LogP contribution in [0, 0.1) is 6.92 Å². The molecule has 0 bridgehead atoms. The number of amides is 1. The summed E-state index contributed by atoms with van der Waals surface area (Å²) in [5, 5.41) is 23.2. The molecule has 1 fully saturated rings. The van der Waals surface area contributed by atoms with Crippen LogP contribution in [-0.4, -0.2) is 74.7 Å². The van der Waals surface area contributed by atoms with Crippen LogP contribution in [0.15, 0.2) is 29.2 Å². The summed E-state index contributed by atoms with van der Waals surface area (Å²) in [5.41, 5.74) is 0.112. The smallest absolute Gasteiger partial charge is 0.408 e. The van der Waals surface area contributed by atoms with E-state index in [4.69, 9.17) is 18.4 Å². The van der Waals surface area contributed by atoms with Crippen LogP contribution in [0.5, 0.6) is 0 Å². The number of rotatable bonds is 6. The fraction of sp³-hybridized carbons (Fsp3) is 0.632. The first-order valence-electron chi connectivity index (χ1n) is 9.34. The standard InChI is InChI=1S/C19H29NO9S/c1-11-6-8-12(9-7-11)30(24,25)27-10-13-15(21)16(22)14(17(26-5)28-13)20-18(23)29-19(2,3)4/h6-9,13-17,21-22H,10H2,1-5H3,(H,20,23)/t13-,14+,15-,16-,17+/m1/s1. The number of carbonyl (C=O) groups excluding carboxylic acids is 1. The molecule has 170 valence electrons. The fourth-order valence-electron chi connectivity index (χ4n) is 2.80. The molecule has 0 unspecified atom stereocenters. The molecule has 1 amide bonds. The Labute approximate surface area is 176 Å². The van der Waals surface area contributed by atoms with Crippen LogP contribution < -0.4 is 5.32 Å². The van der Waals surface area contributed by atoms with Crippen LogP contribution in [-0.2, 0) is 28.5 Å². The van der Waals surface area contributed by atoms with Gasteiger partial charge < -0.3 is 29.7 Å². The van der Waals surface area contributed by atoms with Crippen molar-refractivity contribution in [3.63, 3.8) is 0 Å².